The highest BCUT2D eigenvalue weighted by Crippen LogP contribution is 2.19. The molecule has 74 valence electrons. The summed E-state index contributed by atoms with van der Waals surface area (Å²) in [5, 5.41) is 1.68. The standard InChI is InChI=1S/C12H7Cl2N/c13-6-1-2-9-5-7-15-12-8-10(14)3-4-11(9)12/h3-5,7-8H,6H2. The molecular weight excluding hydrogens is 229 g/mol. The van der Waals surface area contributed by atoms with Crippen LogP contribution in [0.15, 0.2) is 30.5 Å². The molecule has 2 rings (SSSR count). The molecule has 0 atom stereocenters. The molecule has 0 spiro atoms. The molecule has 2 aromatic rings. The van der Waals surface area contributed by atoms with Crippen LogP contribution in [0.2, 0.25) is 5.02 Å². The molecule has 3 heteroatoms. The summed E-state index contributed by atoms with van der Waals surface area (Å²) in [6.45, 7) is 0. The molecule has 15 heavy (non-hydrogen) atoms. The van der Waals surface area contributed by atoms with Crippen molar-refractivity contribution < 1.29 is 0 Å². The molecule has 0 aliphatic rings. The molecule has 0 amide bonds. The van der Waals surface area contributed by atoms with Crippen LogP contribution in [-0.2, 0) is 0 Å². The van der Waals surface area contributed by atoms with Gasteiger partial charge in [0, 0.05) is 22.2 Å². The Balaban J connectivity index is 2.66. The summed E-state index contributed by atoms with van der Waals surface area (Å²) in [6, 6.07) is 7.44. The van der Waals surface area contributed by atoms with Crippen LogP contribution in [0.25, 0.3) is 10.9 Å². The molecule has 0 saturated carbocycles. The topological polar surface area (TPSA) is 12.9 Å². The van der Waals surface area contributed by atoms with Gasteiger partial charge in [-0.1, -0.05) is 29.5 Å². The smallest absolute Gasteiger partial charge is 0.0839 e. The molecule has 0 bridgehead atoms. The Morgan fingerprint density at radius 2 is 2.13 bits per heavy atom. The van der Waals surface area contributed by atoms with E-state index in [-0.39, 0.29) is 0 Å². The first-order valence-electron chi connectivity index (χ1n) is 4.40. The predicted octanol–water partition coefficient (Wildman–Crippen LogP) is 3.48. The van der Waals surface area contributed by atoms with Crippen LogP contribution in [0.5, 0.6) is 0 Å². The van der Waals surface area contributed by atoms with Crippen molar-refractivity contribution in [3.8, 4) is 11.8 Å². The fourth-order valence-corrected chi connectivity index (χ4v) is 1.59. The van der Waals surface area contributed by atoms with Crippen molar-refractivity contribution in [3.05, 3.63) is 41.0 Å². The van der Waals surface area contributed by atoms with E-state index in [1.165, 1.54) is 0 Å². The predicted molar refractivity (Wildman–Crippen MR) is 64.4 cm³/mol. The number of benzene rings is 1. The molecular formula is C12H7Cl2N. The van der Waals surface area contributed by atoms with Gasteiger partial charge in [0.25, 0.3) is 0 Å². The van der Waals surface area contributed by atoms with Gasteiger partial charge in [-0.25, -0.2) is 0 Å². The second kappa shape index (κ2) is 4.53. The zero-order valence-corrected chi connectivity index (χ0v) is 9.31. The Morgan fingerprint density at radius 1 is 1.27 bits per heavy atom. The van der Waals surface area contributed by atoms with Crippen molar-refractivity contribution >= 4 is 34.1 Å². The van der Waals surface area contributed by atoms with Gasteiger partial charge >= 0.3 is 0 Å². The normalized spacial score (nSPS) is 9.73. The van der Waals surface area contributed by atoms with Crippen LogP contribution in [0.3, 0.4) is 0 Å². The van der Waals surface area contributed by atoms with E-state index < -0.39 is 0 Å². The van der Waals surface area contributed by atoms with Crippen LogP contribution >= 0.6 is 23.2 Å². The molecule has 1 aromatic heterocycles. The van der Waals surface area contributed by atoms with Gasteiger partial charge in [-0.05, 0) is 18.2 Å². The van der Waals surface area contributed by atoms with Gasteiger partial charge in [-0.15, -0.1) is 11.6 Å². The minimum atomic E-state index is 0.331. The largest absolute Gasteiger partial charge is 0.256 e. The molecule has 0 fully saturated rings. The van der Waals surface area contributed by atoms with E-state index in [0.717, 1.165) is 16.5 Å². The van der Waals surface area contributed by atoms with Crippen molar-refractivity contribution in [2.45, 2.75) is 0 Å². The number of halogens is 2. The van der Waals surface area contributed by atoms with Gasteiger partial charge in [-0.3, -0.25) is 4.98 Å². The second-order valence-electron chi connectivity index (χ2n) is 2.96. The van der Waals surface area contributed by atoms with E-state index >= 15 is 0 Å². The van der Waals surface area contributed by atoms with Crippen molar-refractivity contribution in [2.75, 3.05) is 5.88 Å². The van der Waals surface area contributed by atoms with E-state index in [0.29, 0.717) is 10.9 Å². The van der Waals surface area contributed by atoms with Crippen LogP contribution in [0.4, 0.5) is 0 Å². The molecule has 0 aliphatic heterocycles. The van der Waals surface area contributed by atoms with Crippen molar-refractivity contribution in [3.63, 3.8) is 0 Å². The van der Waals surface area contributed by atoms with E-state index in [4.69, 9.17) is 23.2 Å². The summed E-state index contributed by atoms with van der Waals surface area (Å²) in [6.07, 6.45) is 1.72. The second-order valence-corrected chi connectivity index (χ2v) is 3.66. The minimum absolute atomic E-state index is 0.331. The van der Waals surface area contributed by atoms with Crippen molar-refractivity contribution in [2.24, 2.45) is 0 Å². The highest BCUT2D eigenvalue weighted by atomic mass is 35.5. The molecule has 0 saturated heterocycles. The lowest BCUT2D eigenvalue weighted by atomic mass is 10.1. The molecule has 0 aliphatic carbocycles. The molecule has 0 N–H and O–H groups in total. The van der Waals surface area contributed by atoms with E-state index in [1.807, 2.05) is 24.3 Å². The number of rotatable bonds is 0. The Hall–Kier alpha value is -1.23. The van der Waals surface area contributed by atoms with E-state index in [9.17, 15) is 0 Å². The van der Waals surface area contributed by atoms with Gasteiger partial charge in [-0.2, -0.15) is 0 Å². The molecule has 0 radical (unpaired) electrons. The number of pyridine rings is 1. The number of alkyl halides is 1. The van der Waals surface area contributed by atoms with Crippen LogP contribution in [-0.4, -0.2) is 10.9 Å². The zero-order valence-electron chi connectivity index (χ0n) is 7.80. The third kappa shape index (κ3) is 2.23. The Bertz CT molecular complexity index is 552. The SMILES string of the molecule is ClCC#Cc1ccnc2cc(Cl)ccc12. The average molecular weight is 236 g/mol. The molecule has 0 unspecified atom stereocenters. The maximum atomic E-state index is 5.88. The quantitative estimate of drug-likeness (QED) is 0.504. The van der Waals surface area contributed by atoms with Crippen LogP contribution in [0, 0.1) is 11.8 Å². The summed E-state index contributed by atoms with van der Waals surface area (Å²) in [5.74, 6) is 6.15. The molecule has 1 nitrogen and oxygen atoms in total. The van der Waals surface area contributed by atoms with Gasteiger partial charge in [0.2, 0.25) is 0 Å². The Labute approximate surface area is 98.0 Å². The van der Waals surface area contributed by atoms with Gasteiger partial charge in [0.1, 0.15) is 0 Å². The lowest BCUT2D eigenvalue weighted by molar-refractivity contribution is 1.40. The van der Waals surface area contributed by atoms with Crippen molar-refractivity contribution in [1.29, 1.82) is 0 Å². The van der Waals surface area contributed by atoms with E-state index in [2.05, 4.69) is 16.8 Å². The summed E-state index contributed by atoms with van der Waals surface area (Å²) in [4.78, 5) is 4.23. The van der Waals surface area contributed by atoms with Crippen molar-refractivity contribution in [1.82, 2.24) is 4.98 Å². The number of nitrogens with zero attached hydrogens (tertiary/aromatic N) is 1. The first kappa shape index (κ1) is 10.3. The summed E-state index contributed by atoms with van der Waals surface area (Å²) >= 11 is 11.4. The van der Waals surface area contributed by atoms with Crippen LogP contribution in [0.1, 0.15) is 5.56 Å². The highest BCUT2D eigenvalue weighted by molar-refractivity contribution is 6.31. The summed E-state index contributed by atoms with van der Waals surface area (Å²) < 4.78 is 0. The fourth-order valence-electron chi connectivity index (χ4n) is 1.36. The first-order chi connectivity index (χ1) is 7.31. The number of fused-ring (bicyclic) bond motifs is 1. The fraction of sp³-hybridized carbons (Fsp3) is 0.0833. The van der Waals surface area contributed by atoms with Crippen LogP contribution < -0.4 is 0 Å². The third-order valence-corrected chi connectivity index (χ3v) is 2.36. The Kier molecular flexibility index (Phi) is 3.11. The summed E-state index contributed by atoms with van der Waals surface area (Å²) in [7, 11) is 0. The number of aromatic nitrogens is 1. The maximum Gasteiger partial charge on any atom is 0.0839 e. The van der Waals surface area contributed by atoms with Gasteiger partial charge in [0.05, 0.1) is 11.4 Å². The number of hydrogen-bond donors (Lipinski definition) is 0. The maximum absolute atomic E-state index is 5.88. The minimum Gasteiger partial charge on any atom is -0.256 e. The molecule has 1 heterocycles. The highest BCUT2D eigenvalue weighted by Gasteiger charge is 1.99. The Morgan fingerprint density at radius 3 is 2.93 bits per heavy atom. The molecule has 1 aromatic carbocycles. The lowest BCUT2D eigenvalue weighted by Gasteiger charge is -1.99. The van der Waals surface area contributed by atoms with E-state index in [1.54, 1.807) is 6.20 Å². The first-order valence-corrected chi connectivity index (χ1v) is 5.31. The average Bonchev–Trinajstić information content (AvgIpc) is 2.25. The zero-order chi connectivity index (χ0) is 10.7. The van der Waals surface area contributed by atoms with Gasteiger partial charge in [0.15, 0.2) is 0 Å². The number of hydrogen-bond acceptors (Lipinski definition) is 1. The monoisotopic (exact) mass is 235 g/mol. The van der Waals surface area contributed by atoms with Gasteiger partial charge < -0.3 is 0 Å². The summed E-state index contributed by atoms with van der Waals surface area (Å²) in [5.41, 5.74) is 1.78. The lowest BCUT2D eigenvalue weighted by Crippen LogP contribution is -1.83. The third-order valence-electron chi connectivity index (χ3n) is 1.99.